The largest absolute Gasteiger partial charge is 0.481 e. The lowest BCUT2D eigenvalue weighted by Gasteiger charge is -2.35. The van der Waals surface area contributed by atoms with Gasteiger partial charge in [0.25, 0.3) is 0 Å². The van der Waals surface area contributed by atoms with Crippen molar-refractivity contribution in [3.63, 3.8) is 0 Å². The molecule has 1 aromatic carbocycles. The summed E-state index contributed by atoms with van der Waals surface area (Å²) in [4.78, 5) is 24.5. The van der Waals surface area contributed by atoms with Crippen molar-refractivity contribution in [2.45, 2.75) is 38.6 Å². The summed E-state index contributed by atoms with van der Waals surface area (Å²) in [6.45, 7) is 2.42. The van der Waals surface area contributed by atoms with Gasteiger partial charge in [-0.25, -0.2) is 4.79 Å². The molecule has 1 aliphatic rings. The summed E-state index contributed by atoms with van der Waals surface area (Å²) in [5.74, 6) is -0.837. The van der Waals surface area contributed by atoms with E-state index in [1.54, 1.807) is 4.90 Å². The molecule has 1 aromatic rings. The number of benzene rings is 1. The minimum atomic E-state index is -0.837. The van der Waals surface area contributed by atoms with E-state index in [4.69, 9.17) is 5.11 Å². The Morgan fingerprint density at radius 1 is 1.40 bits per heavy atom. The minimum Gasteiger partial charge on any atom is -0.481 e. The molecule has 0 spiro atoms. The molecule has 1 heterocycles. The van der Waals surface area contributed by atoms with E-state index < -0.39 is 5.97 Å². The molecule has 0 aliphatic carbocycles. The van der Waals surface area contributed by atoms with E-state index in [2.05, 4.69) is 5.32 Å². The summed E-state index contributed by atoms with van der Waals surface area (Å²) < 4.78 is 0. The molecule has 0 fully saturated rings. The van der Waals surface area contributed by atoms with Crippen LogP contribution in [0.4, 0.5) is 10.5 Å². The maximum absolute atomic E-state index is 12.3. The van der Waals surface area contributed by atoms with Crippen LogP contribution in [0.3, 0.4) is 0 Å². The first-order chi connectivity index (χ1) is 9.59. The SMILES string of the molecule is CC1CCc2ccccc2N1C(=O)NCCCC(=O)O. The third-order valence-electron chi connectivity index (χ3n) is 3.59. The maximum Gasteiger partial charge on any atom is 0.322 e. The highest BCUT2D eigenvalue weighted by Gasteiger charge is 2.27. The number of carbonyl (C=O) groups excluding carboxylic acids is 1. The fourth-order valence-corrected chi connectivity index (χ4v) is 2.52. The molecule has 1 atom stereocenters. The third kappa shape index (κ3) is 3.29. The van der Waals surface area contributed by atoms with Gasteiger partial charge in [0.2, 0.25) is 0 Å². The summed E-state index contributed by atoms with van der Waals surface area (Å²) in [6, 6.07) is 7.94. The van der Waals surface area contributed by atoms with Crippen LogP contribution < -0.4 is 10.2 Å². The maximum atomic E-state index is 12.3. The molecular weight excluding hydrogens is 256 g/mol. The van der Waals surface area contributed by atoms with E-state index in [0.29, 0.717) is 13.0 Å². The number of hydrogen-bond acceptors (Lipinski definition) is 2. The molecule has 108 valence electrons. The van der Waals surface area contributed by atoms with Gasteiger partial charge in [-0.2, -0.15) is 0 Å². The second kappa shape index (κ2) is 6.41. The minimum absolute atomic E-state index is 0.0758. The molecule has 1 aliphatic heterocycles. The Morgan fingerprint density at radius 2 is 2.15 bits per heavy atom. The van der Waals surface area contributed by atoms with Crippen LogP contribution in [-0.4, -0.2) is 29.7 Å². The van der Waals surface area contributed by atoms with Gasteiger partial charge in [-0.05, 0) is 37.8 Å². The second-order valence-electron chi connectivity index (χ2n) is 5.12. The van der Waals surface area contributed by atoms with Crippen LogP contribution in [-0.2, 0) is 11.2 Å². The molecule has 2 amide bonds. The monoisotopic (exact) mass is 276 g/mol. The van der Waals surface area contributed by atoms with E-state index in [1.165, 1.54) is 5.56 Å². The fraction of sp³-hybridized carbons (Fsp3) is 0.467. The highest BCUT2D eigenvalue weighted by atomic mass is 16.4. The normalized spacial score (nSPS) is 17.4. The number of urea groups is 1. The van der Waals surface area contributed by atoms with E-state index >= 15 is 0 Å². The van der Waals surface area contributed by atoms with Crippen molar-refractivity contribution in [3.05, 3.63) is 29.8 Å². The molecule has 5 heteroatoms. The fourth-order valence-electron chi connectivity index (χ4n) is 2.52. The van der Waals surface area contributed by atoms with Crippen molar-refractivity contribution in [3.8, 4) is 0 Å². The molecule has 0 aromatic heterocycles. The van der Waals surface area contributed by atoms with Gasteiger partial charge in [-0.1, -0.05) is 18.2 Å². The third-order valence-corrected chi connectivity index (χ3v) is 3.59. The van der Waals surface area contributed by atoms with Crippen molar-refractivity contribution in [1.29, 1.82) is 0 Å². The number of anilines is 1. The lowest BCUT2D eigenvalue weighted by atomic mass is 9.97. The molecule has 5 nitrogen and oxygen atoms in total. The quantitative estimate of drug-likeness (QED) is 0.830. The Balaban J connectivity index is 2.00. The van der Waals surface area contributed by atoms with E-state index in [9.17, 15) is 9.59 Å². The number of rotatable bonds is 4. The first kappa shape index (κ1) is 14.4. The van der Waals surface area contributed by atoms with E-state index in [0.717, 1.165) is 18.5 Å². The Morgan fingerprint density at radius 3 is 2.90 bits per heavy atom. The molecule has 0 bridgehead atoms. The smallest absolute Gasteiger partial charge is 0.322 e. The van der Waals surface area contributed by atoms with Gasteiger partial charge in [-0.3, -0.25) is 9.69 Å². The number of nitrogens with one attached hydrogen (secondary N) is 1. The molecule has 2 N–H and O–H groups in total. The molecule has 1 unspecified atom stereocenters. The summed E-state index contributed by atoms with van der Waals surface area (Å²) in [6.07, 6.45) is 2.46. The topological polar surface area (TPSA) is 69.6 Å². The Bertz CT molecular complexity index is 502. The zero-order valence-corrected chi connectivity index (χ0v) is 11.6. The Labute approximate surface area is 118 Å². The van der Waals surface area contributed by atoms with Crippen molar-refractivity contribution < 1.29 is 14.7 Å². The summed E-state index contributed by atoms with van der Waals surface area (Å²) in [7, 11) is 0. The predicted octanol–water partition coefficient (Wildman–Crippen LogP) is 2.40. The van der Waals surface area contributed by atoms with Crippen LogP contribution in [0.2, 0.25) is 0 Å². The number of aryl methyl sites for hydroxylation is 1. The summed E-state index contributed by atoms with van der Waals surface area (Å²) in [5, 5.41) is 11.4. The standard InChI is InChI=1S/C15H20N2O3/c1-11-8-9-12-5-2-3-6-13(12)17(11)15(20)16-10-4-7-14(18)19/h2-3,5-6,11H,4,7-10H2,1H3,(H,16,20)(H,18,19). The second-order valence-corrected chi connectivity index (χ2v) is 5.12. The molecular formula is C15H20N2O3. The van der Waals surface area contributed by atoms with Crippen molar-refractivity contribution in [1.82, 2.24) is 5.32 Å². The Hall–Kier alpha value is -2.04. The van der Waals surface area contributed by atoms with Gasteiger partial charge in [0.1, 0.15) is 0 Å². The van der Waals surface area contributed by atoms with Crippen LogP contribution in [0, 0.1) is 0 Å². The number of amides is 2. The van der Waals surface area contributed by atoms with Crippen LogP contribution >= 0.6 is 0 Å². The highest BCUT2D eigenvalue weighted by Crippen LogP contribution is 2.30. The Kier molecular flexibility index (Phi) is 4.61. The molecule has 2 rings (SSSR count). The van der Waals surface area contributed by atoms with Gasteiger partial charge >= 0.3 is 12.0 Å². The van der Waals surface area contributed by atoms with Crippen LogP contribution in [0.1, 0.15) is 31.7 Å². The zero-order chi connectivity index (χ0) is 14.5. The number of para-hydroxylation sites is 1. The molecule has 20 heavy (non-hydrogen) atoms. The van der Waals surface area contributed by atoms with Gasteiger partial charge in [0, 0.05) is 24.7 Å². The van der Waals surface area contributed by atoms with Crippen LogP contribution in [0.5, 0.6) is 0 Å². The average Bonchev–Trinajstić information content (AvgIpc) is 2.43. The highest BCUT2D eigenvalue weighted by molar-refractivity contribution is 5.93. The van der Waals surface area contributed by atoms with Crippen molar-refractivity contribution in [2.75, 3.05) is 11.4 Å². The number of nitrogens with zero attached hydrogens (tertiary/aromatic N) is 1. The number of carbonyl (C=O) groups is 2. The van der Waals surface area contributed by atoms with Gasteiger partial charge in [0.15, 0.2) is 0 Å². The molecule has 0 saturated carbocycles. The van der Waals surface area contributed by atoms with Crippen molar-refractivity contribution in [2.24, 2.45) is 0 Å². The zero-order valence-electron chi connectivity index (χ0n) is 11.6. The number of fused-ring (bicyclic) bond motifs is 1. The molecule has 0 saturated heterocycles. The van der Waals surface area contributed by atoms with Gasteiger partial charge < -0.3 is 10.4 Å². The van der Waals surface area contributed by atoms with E-state index in [1.807, 2.05) is 31.2 Å². The first-order valence-corrected chi connectivity index (χ1v) is 6.96. The number of carboxylic acids is 1. The van der Waals surface area contributed by atoms with Crippen LogP contribution in [0.25, 0.3) is 0 Å². The summed E-state index contributed by atoms with van der Waals surface area (Å²) in [5.41, 5.74) is 2.15. The number of aliphatic carboxylic acids is 1. The molecule has 0 radical (unpaired) electrons. The lowest BCUT2D eigenvalue weighted by molar-refractivity contribution is -0.137. The number of carboxylic acid groups (broad SMARTS) is 1. The van der Waals surface area contributed by atoms with Crippen molar-refractivity contribution >= 4 is 17.7 Å². The van der Waals surface area contributed by atoms with Gasteiger partial charge in [0.05, 0.1) is 0 Å². The van der Waals surface area contributed by atoms with Crippen LogP contribution in [0.15, 0.2) is 24.3 Å². The van der Waals surface area contributed by atoms with E-state index in [-0.39, 0.29) is 18.5 Å². The first-order valence-electron chi connectivity index (χ1n) is 6.96. The van der Waals surface area contributed by atoms with Gasteiger partial charge in [-0.15, -0.1) is 0 Å². The lowest BCUT2D eigenvalue weighted by Crippen LogP contribution is -2.47. The number of hydrogen-bond donors (Lipinski definition) is 2. The average molecular weight is 276 g/mol. The predicted molar refractivity (Wildman–Crippen MR) is 77.0 cm³/mol. The summed E-state index contributed by atoms with van der Waals surface area (Å²) >= 11 is 0.